The maximum Gasteiger partial charge on any atom is 0.251 e. The lowest BCUT2D eigenvalue weighted by molar-refractivity contribution is -0.115. The molecule has 0 fully saturated rings. The molecule has 0 bridgehead atoms. The lowest BCUT2D eigenvalue weighted by Crippen LogP contribution is -2.23. The van der Waals surface area contributed by atoms with Crippen molar-refractivity contribution in [3.05, 3.63) is 46.8 Å². The van der Waals surface area contributed by atoms with Gasteiger partial charge in [-0.1, -0.05) is 17.7 Å². The van der Waals surface area contributed by atoms with Crippen molar-refractivity contribution < 1.29 is 9.59 Å². The van der Waals surface area contributed by atoms with Gasteiger partial charge in [0.15, 0.2) is 0 Å². The highest BCUT2D eigenvalue weighted by atomic mass is 32.2. The summed E-state index contributed by atoms with van der Waals surface area (Å²) in [5.41, 5.74) is 6.79. The average molecular weight is 320 g/mol. The second kappa shape index (κ2) is 6.78. The number of aryl methyl sites for hydroxylation is 1. The van der Waals surface area contributed by atoms with Gasteiger partial charge in [-0.3, -0.25) is 9.59 Å². The Morgan fingerprint density at radius 2 is 1.90 bits per heavy atom. The van der Waals surface area contributed by atoms with Crippen molar-refractivity contribution in [2.75, 3.05) is 5.32 Å². The molecule has 21 heavy (non-hydrogen) atoms. The monoisotopic (exact) mass is 320 g/mol. The Kier molecular flexibility index (Phi) is 5.03. The summed E-state index contributed by atoms with van der Waals surface area (Å²) in [5.74, 6) is -0.684. The Balaban J connectivity index is 2.01. The minimum Gasteiger partial charge on any atom is -0.366 e. The van der Waals surface area contributed by atoms with Crippen molar-refractivity contribution in [2.45, 2.75) is 24.0 Å². The Labute approximate surface area is 131 Å². The number of nitrogens with one attached hydrogen (secondary N) is 1. The van der Waals surface area contributed by atoms with Gasteiger partial charge < -0.3 is 11.1 Å². The van der Waals surface area contributed by atoms with E-state index in [1.54, 1.807) is 11.4 Å². The third kappa shape index (κ3) is 4.09. The molecule has 1 aromatic heterocycles. The first kappa shape index (κ1) is 15.6. The molecule has 1 atom stereocenters. The van der Waals surface area contributed by atoms with Gasteiger partial charge in [-0.05, 0) is 37.4 Å². The number of primary amides is 1. The zero-order valence-corrected chi connectivity index (χ0v) is 13.4. The predicted molar refractivity (Wildman–Crippen MR) is 88.0 cm³/mol. The fourth-order valence-electron chi connectivity index (χ4n) is 1.69. The molecular weight excluding hydrogens is 304 g/mol. The number of amides is 2. The summed E-state index contributed by atoms with van der Waals surface area (Å²) in [6, 6.07) is 9.61. The molecule has 0 radical (unpaired) electrons. The maximum absolute atomic E-state index is 12.2. The molecule has 4 nitrogen and oxygen atoms in total. The van der Waals surface area contributed by atoms with Crippen molar-refractivity contribution in [2.24, 2.45) is 5.73 Å². The molecule has 2 aromatic rings. The van der Waals surface area contributed by atoms with Crippen molar-refractivity contribution in [3.8, 4) is 0 Å². The number of thiophene rings is 1. The summed E-state index contributed by atoms with van der Waals surface area (Å²) in [7, 11) is 0. The molecule has 0 aliphatic heterocycles. The highest BCUT2D eigenvalue weighted by Crippen LogP contribution is 2.27. The highest BCUT2D eigenvalue weighted by molar-refractivity contribution is 8.00. The summed E-state index contributed by atoms with van der Waals surface area (Å²) in [6.45, 7) is 3.85. The van der Waals surface area contributed by atoms with Crippen LogP contribution in [0.25, 0.3) is 0 Å². The van der Waals surface area contributed by atoms with Gasteiger partial charge >= 0.3 is 0 Å². The summed E-state index contributed by atoms with van der Waals surface area (Å²) in [6.07, 6.45) is 0. The number of thioether (sulfide) groups is 1. The molecule has 0 saturated heterocycles. The largest absolute Gasteiger partial charge is 0.366 e. The normalized spacial score (nSPS) is 11.9. The molecule has 1 heterocycles. The fourth-order valence-corrected chi connectivity index (χ4v) is 3.35. The zero-order chi connectivity index (χ0) is 15.4. The molecular formula is C15H16N2O2S2. The van der Waals surface area contributed by atoms with Crippen LogP contribution in [0.2, 0.25) is 0 Å². The number of hydrogen-bond donors (Lipinski definition) is 2. The van der Waals surface area contributed by atoms with Gasteiger partial charge in [0.05, 0.1) is 10.8 Å². The van der Waals surface area contributed by atoms with Crippen LogP contribution in [0.1, 0.15) is 22.8 Å². The van der Waals surface area contributed by atoms with E-state index < -0.39 is 5.91 Å². The number of benzene rings is 1. The predicted octanol–water partition coefficient (Wildman–Crippen LogP) is 3.27. The lowest BCUT2D eigenvalue weighted by Gasteiger charge is -2.11. The summed E-state index contributed by atoms with van der Waals surface area (Å²) >= 11 is 2.76. The van der Waals surface area contributed by atoms with E-state index in [0.717, 1.165) is 4.90 Å². The molecule has 0 aliphatic rings. The van der Waals surface area contributed by atoms with Crippen LogP contribution in [-0.2, 0) is 4.79 Å². The maximum atomic E-state index is 12.2. The van der Waals surface area contributed by atoms with Gasteiger partial charge in [-0.15, -0.1) is 23.1 Å². The van der Waals surface area contributed by atoms with Crippen LogP contribution in [0, 0.1) is 6.92 Å². The van der Waals surface area contributed by atoms with Crippen molar-refractivity contribution in [1.82, 2.24) is 0 Å². The van der Waals surface area contributed by atoms with Crippen molar-refractivity contribution in [1.29, 1.82) is 0 Å². The number of hydrogen-bond acceptors (Lipinski definition) is 4. The first-order chi connectivity index (χ1) is 9.97. The quantitative estimate of drug-likeness (QED) is 0.831. The number of carbonyl (C=O) groups excluding carboxylic acids is 2. The van der Waals surface area contributed by atoms with Crippen LogP contribution in [0.3, 0.4) is 0 Å². The minimum atomic E-state index is -0.537. The molecule has 1 unspecified atom stereocenters. The average Bonchev–Trinajstić information content (AvgIpc) is 2.89. The van der Waals surface area contributed by atoms with E-state index in [-0.39, 0.29) is 11.2 Å². The molecule has 6 heteroatoms. The smallest absolute Gasteiger partial charge is 0.251 e. The van der Waals surface area contributed by atoms with Crippen LogP contribution in [0.15, 0.2) is 40.6 Å². The first-order valence-corrected chi connectivity index (χ1v) is 8.15. The third-order valence-corrected chi connectivity index (χ3v) is 4.81. The SMILES string of the molecule is Cc1ccc(SC(C)C(=O)Nc2sccc2C(N)=O)cc1. The minimum absolute atomic E-state index is 0.148. The Morgan fingerprint density at radius 1 is 1.24 bits per heavy atom. The van der Waals surface area contributed by atoms with E-state index in [1.165, 1.54) is 28.7 Å². The van der Waals surface area contributed by atoms with Crippen molar-refractivity contribution in [3.63, 3.8) is 0 Å². The summed E-state index contributed by atoms with van der Waals surface area (Å²) in [4.78, 5) is 24.4. The fraction of sp³-hybridized carbons (Fsp3) is 0.200. The van der Waals surface area contributed by atoms with Crippen LogP contribution >= 0.6 is 23.1 Å². The van der Waals surface area contributed by atoms with Gasteiger partial charge in [0.1, 0.15) is 5.00 Å². The first-order valence-electron chi connectivity index (χ1n) is 6.39. The van der Waals surface area contributed by atoms with Gasteiger partial charge in [-0.2, -0.15) is 0 Å². The molecule has 110 valence electrons. The van der Waals surface area contributed by atoms with Gasteiger partial charge in [0.2, 0.25) is 5.91 Å². The van der Waals surface area contributed by atoms with Gasteiger partial charge in [-0.25, -0.2) is 0 Å². The Hall–Kier alpha value is -1.79. The Morgan fingerprint density at radius 3 is 2.52 bits per heavy atom. The molecule has 0 spiro atoms. The lowest BCUT2D eigenvalue weighted by atomic mass is 10.2. The van der Waals surface area contributed by atoms with Gasteiger partial charge in [0.25, 0.3) is 5.91 Å². The zero-order valence-electron chi connectivity index (χ0n) is 11.8. The Bertz CT molecular complexity index is 650. The second-order valence-corrected chi connectivity index (χ2v) is 6.92. The van der Waals surface area contributed by atoms with E-state index >= 15 is 0 Å². The van der Waals surface area contributed by atoms with Crippen LogP contribution < -0.4 is 11.1 Å². The molecule has 0 saturated carbocycles. The van der Waals surface area contributed by atoms with E-state index in [0.29, 0.717) is 10.6 Å². The summed E-state index contributed by atoms with van der Waals surface area (Å²) < 4.78 is 0. The summed E-state index contributed by atoms with van der Waals surface area (Å²) in [5, 5.41) is 4.73. The molecule has 2 amide bonds. The second-order valence-electron chi connectivity index (χ2n) is 4.59. The van der Waals surface area contributed by atoms with E-state index in [9.17, 15) is 9.59 Å². The highest BCUT2D eigenvalue weighted by Gasteiger charge is 2.18. The van der Waals surface area contributed by atoms with Crippen LogP contribution in [0.4, 0.5) is 5.00 Å². The van der Waals surface area contributed by atoms with E-state index in [4.69, 9.17) is 5.73 Å². The number of rotatable bonds is 5. The number of carbonyl (C=O) groups is 2. The van der Waals surface area contributed by atoms with Crippen LogP contribution in [-0.4, -0.2) is 17.1 Å². The molecule has 1 aromatic carbocycles. The molecule has 0 aliphatic carbocycles. The molecule has 2 rings (SSSR count). The molecule has 3 N–H and O–H groups in total. The standard InChI is InChI=1S/C15H16N2O2S2/c1-9-3-5-11(6-4-9)21-10(2)14(19)17-15-12(13(16)18)7-8-20-15/h3-8,10H,1-2H3,(H2,16,18)(H,17,19). The van der Waals surface area contributed by atoms with Gasteiger partial charge in [0, 0.05) is 4.90 Å². The third-order valence-electron chi connectivity index (χ3n) is 2.87. The topological polar surface area (TPSA) is 72.2 Å². The number of anilines is 1. The van der Waals surface area contributed by atoms with E-state index in [2.05, 4.69) is 5.32 Å². The van der Waals surface area contributed by atoms with E-state index in [1.807, 2.05) is 38.1 Å². The number of nitrogens with two attached hydrogens (primary N) is 1. The van der Waals surface area contributed by atoms with Crippen molar-refractivity contribution >= 4 is 39.9 Å². The van der Waals surface area contributed by atoms with Crippen LogP contribution in [0.5, 0.6) is 0 Å².